The highest BCUT2D eigenvalue weighted by Gasteiger charge is 2.36. The molecule has 2 amide bonds. The van der Waals surface area contributed by atoms with E-state index in [9.17, 15) is 9.59 Å². The quantitative estimate of drug-likeness (QED) is 0.549. The van der Waals surface area contributed by atoms with Crippen LogP contribution in [0.5, 0.6) is 0 Å². The van der Waals surface area contributed by atoms with E-state index in [1.807, 2.05) is 59.6 Å². The van der Waals surface area contributed by atoms with E-state index in [0.29, 0.717) is 15.8 Å². The maximum absolute atomic E-state index is 13.1. The van der Waals surface area contributed by atoms with Crippen molar-refractivity contribution in [3.63, 3.8) is 0 Å². The van der Waals surface area contributed by atoms with Crippen molar-refractivity contribution in [1.82, 2.24) is 14.8 Å². The standard InChI is InChI=1S/C22H21N3O2S2/c26-20(24-12-5-4-10-18(24)17-9-6-11-23-14-17)15-25-21(27)19(29-22(25)28)13-16-7-2-1-3-8-16/h1-3,6-9,11,13-14,18H,4-5,10,12,15H2/b19-13-/t18-/m0/s1. The molecule has 2 fully saturated rings. The van der Waals surface area contributed by atoms with Gasteiger partial charge in [-0.2, -0.15) is 0 Å². The number of pyridine rings is 1. The molecule has 1 aromatic heterocycles. The molecular weight excluding hydrogens is 402 g/mol. The lowest BCUT2D eigenvalue weighted by atomic mass is 9.96. The Morgan fingerprint density at radius 1 is 1.21 bits per heavy atom. The van der Waals surface area contributed by atoms with Crippen LogP contribution in [0.1, 0.15) is 36.4 Å². The molecular formula is C22H21N3O2S2. The van der Waals surface area contributed by atoms with E-state index >= 15 is 0 Å². The number of hydrogen-bond donors (Lipinski definition) is 0. The molecule has 2 aliphatic rings. The first kappa shape index (κ1) is 19.8. The van der Waals surface area contributed by atoms with Crippen molar-refractivity contribution in [2.24, 2.45) is 0 Å². The Labute approximate surface area is 179 Å². The minimum absolute atomic E-state index is 0.00297. The Morgan fingerprint density at radius 2 is 2.03 bits per heavy atom. The normalized spacial score (nSPS) is 21.1. The summed E-state index contributed by atoms with van der Waals surface area (Å²) in [5, 5.41) is 0. The first-order chi connectivity index (χ1) is 14.1. The van der Waals surface area contributed by atoms with Crippen molar-refractivity contribution in [3.8, 4) is 0 Å². The van der Waals surface area contributed by atoms with Crippen LogP contribution >= 0.6 is 24.0 Å². The molecule has 29 heavy (non-hydrogen) atoms. The zero-order chi connectivity index (χ0) is 20.2. The highest BCUT2D eigenvalue weighted by atomic mass is 32.2. The fourth-order valence-electron chi connectivity index (χ4n) is 3.71. The number of thioether (sulfide) groups is 1. The molecule has 0 N–H and O–H groups in total. The Hall–Kier alpha value is -2.51. The molecule has 7 heteroatoms. The molecule has 148 valence electrons. The number of rotatable bonds is 4. The van der Waals surface area contributed by atoms with Crippen LogP contribution in [0.2, 0.25) is 0 Å². The van der Waals surface area contributed by atoms with Crippen molar-refractivity contribution >= 4 is 46.2 Å². The molecule has 1 atom stereocenters. The van der Waals surface area contributed by atoms with Crippen LogP contribution in [0.15, 0.2) is 59.8 Å². The monoisotopic (exact) mass is 423 g/mol. The van der Waals surface area contributed by atoms with E-state index in [1.54, 1.807) is 6.20 Å². The van der Waals surface area contributed by atoms with Crippen LogP contribution in [-0.4, -0.2) is 44.0 Å². The van der Waals surface area contributed by atoms with E-state index < -0.39 is 0 Å². The summed E-state index contributed by atoms with van der Waals surface area (Å²) in [6.07, 6.45) is 8.32. The third-order valence-electron chi connectivity index (χ3n) is 5.16. The first-order valence-corrected chi connectivity index (χ1v) is 10.9. The van der Waals surface area contributed by atoms with Crippen molar-refractivity contribution in [3.05, 3.63) is 70.9 Å². The maximum atomic E-state index is 13.1. The van der Waals surface area contributed by atoms with E-state index in [-0.39, 0.29) is 24.4 Å². The third kappa shape index (κ3) is 4.41. The highest BCUT2D eigenvalue weighted by molar-refractivity contribution is 8.26. The molecule has 0 aliphatic carbocycles. The average Bonchev–Trinajstić information content (AvgIpc) is 3.02. The van der Waals surface area contributed by atoms with Crippen molar-refractivity contribution in [1.29, 1.82) is 0 Å². The topological polar surface area (TPSA) is 53.5 Å². The summed E-state index contributed by atoms with van der Waals surface area (Å²) in [5.74, 6) is -0.275. The minimum Gasteiger partial charge on any atom is -0.334 e. The average molecular weight is 424 g/mol. The summed E-state index contributed by atoms with van der Waals surface area (Å²) >= 11 is 6.65. The van der Waals surface area contributed by atoms with E-state index in [0.717, 1.165) is 30.4 Å². The van der Waals surface area contributed by atoms with Crippen molar-refractivity contribution in [2.45, 2.75) is 25.3 Å². The van der Waals surface area contributed by atoms with Gasteiger partial charge in [0.1, 0.15) is 10.9 Å². The van der Waals surface area contributed by atoms with Crippen LogP contribution in [0, 0.1) is 0 Å². The van der Waals surface area contributed by atoms with Crippen LogP contribution in [0.25, 0.3) is 6.08 Å². The zero-order valence-electron chi connectivity index (χ0n) is 15.9. The lowest BCUT2D eigenvalue weighted by Gasteiger charge is -2.36. The molecule has 3 heterocycles. The first-order valence-electron chi connectivity index (χ1n) is 9.63. The number of aromatic nitrogens is 1. The lowest BCUT2D eigenvalue weighted by Crippen LogP contribution is -2.45. The van der Waals surface area contributed by atoms with Crippen LogP contribution in [0.4, 0.5) is 0 Å². The molecule has 4 rings (SSSR count). The SMILES string of the molecule is O=C1/C(=C/c2ccccc2)SC(=S)N1CC(=O)N1CCCC[C@H]1c1cccnc1. The molecule has 0 unspecified atom stereocenters. The molecule has 0 radical (unpaired) electrons. The fourth-order valence-corrected chi connectivity index (χ4v) is 4.97. The van der Waals surface area contributed by atoms with Crippen LogP contribution in [-0.2, 0) is 9.59 Å². The molecule has 2 aliphatic heterocycles. The second kappa shape index (κ2) is 8.88. The number of carbonyl (C=O) groups is 2. The Morgan fingerprint density at radius 3 is 2.79 bits per heavy atom. The van der Waals surface area contributed by atoms with Gasteiger partial charge in [-0.05, 0) is 42.5 Å². The Kier molecular flexibility index (Phi) is 6.06. The number of nitrogens with zero attached hydrogens (tertiary/aromatic N) is 3. The number of piperidine rings is 1. The van der Waals surface area contributed by atoms with Gasteiger partial charge in [0.2, 0.25) is 5.91 Å². The fraction of sp³-hybridized carbons (Fsp3) is 0.273. The van der Waals surface area contributed by atoms with Gasteiger partial charge in [-0.25, -0.2) is 0 Å². The van der Waals surface area contributed by atoms with Crippen molar-refractivity contribution in [2.75, 3.05) is 13.1 Å². The smallest absolute Gasteiger partial charge is 0.266 e. The summed E-state index contributed by atoms with van der Waals surface area (Å²) in [5.41, 5.74) is 1.97. The summed E-state index contributed by atoms with van der Waals surface area (Å²) in [7, 11) is 0. The number of likely N-dealkylation sites (tertiary alicyclic amines) is 1. The number of thiocarbonyl (C=S) groups is 1. The van der Waals surface area contributed by atoms with Gasteiger partial charge in [0.05, 0.1) is 10.9 Å². The lowest BCUT2D eigenvalue weighted by molar-refractivity contribution is -0.138. The van der Waals surface area contributed by atoms with Gasteiger partial charge < -0.3 is 4.90 Å². The van der Waals surface area contributed by atoms with Gasteiger partial charge in [0.15, 0.2) is 0 Å². The molecule has 0 saturated carbocycles. The summed E-state index contributed by atoms with van der Waals surface area (Å²) in [6, 6.07) is 13.5. The second-order valence-electron chi connectivity index (χ2n) is 7.06. The van der Waals surface area contributed by atoms with E-state index in [2.05, 4.69) is 4.98 Å². The zero-order valence-corrected chi connectivity index (χ0v) is 17.5. The van der Waals surface area contributed by atoms with E-state index in [1.165, 1.54) is 16.7 Å². The summed E-state index contributed by atoms with van der Waals surface area (Å²) in [4.78, 5) is 34.0. The molecule has 0 bridgehead atoms. The molecule has 0 spiro atoms. The minimum atomic E-state index is -0.202. The number of carbonyl (C=O) groups excluding carboxylic acids is 2. The molecule has 5 nitrogen and oxygen atoms in total. The Bertz CT molecular complexity index is 947. The van der Waals surface area contributed by atoms with Crippen LogP contribution < -0.4 is 0 Å². The maximum Gasteiger partial charge on any atom is 0.266 e. The predicted molar refractivity (Wildman–Crippen MR) is 119 cm³/mol. The summed E-state index contributed by atoms with van der Waals surface area (Å²) in [6.45, 7) is 0.667. The highest BCUT2D eigenvalue weighted by Crippen LogP contribution is 2.34. The van der Waals surface area contributed by atoms with E-state index in [4.69, 9.17) is 12.2 Å². The predicted octanol–water partition coefficient (Wildman–Crippen LogP) is 4.04. The largest absolute Gasteiger partial charge is 0.334 e. The van der Waals surface area contributed by atoms with Gasteiger partial charge in [0.25, 0.3) is 5.91 Å². The van der Waals surface area contributed by atoms with Gasteiger partial charge in [0, 0.05) is 18.9 Å². The number of benzene rings is 1. The third-order valence-corrected chi connectivity index (χ3v) is 6.53. The van der Waals surface area contributed by atoms with Gasteiger partial charge in [-0.1, -0.05) is 60.4 Å². The number of amides is 2. The van der Waals surface area contributed by atoms with Crippen molar-refractivity contribution < 1.29 is 9.59 Å². The van der Waals surface area contributed by atoms with Crippen LogP contribution in [0.3, 0.4) is 0 Å². The Balaban J connectivity index is 1.49. The molecule has 2 aromatic rings. The van der Waals surface area contributed by atoms with Gasteiger partial charge >= 0.3 is 0 Å². The van der Waals surface area contributed by atoms with Gasteiger partial charge in [-0.3, -0.25) is 19.5 Å². The molecule has 2 saturated heterocycles. The number of hydrogen-bond acceptors (Lipinski definition) is 5. The molecule has 1 aromatic carbocycles. The van der Waals surface area contributed by atoms with Gasteiger partial charge in [-0.15, -0.1) is 0 Å². The second-order valence-corrected chi connectivity index (χ2v) is 8.74. The summed E-state index contributed by atoms with van der Waals surface area (Å²) < 4.78 is 0.431.